The predicted molar refractivity (Wildman–Crippen MR) is 97.8 cm³/mol. The number of carbonyl (C=O) groups excluding carboxylic acids is 6. The molecular formula is C19H32O7. The van der Waals surface area contributed by atoms with Crippen LogP contribution in [0.2, 0.25) is 0 Å². The molecule has 26 heavy (non-hydrogen) atoms. The Hall–Kier alpha value is -2.02. The average molecular weight is 372 g/mol. The fraction of sp³-hybridized carbons (Fsp3) is 0.684. The minimum Gasteiger partial charge on any atom is -0.380 e. The molecule has 0 spiro atoms. The fourth-order valence-electron chi connectivity index (χ4n) is 1.77. The predicted octanol–water partition coefficient (Wildman–Crippen LogP) is 2.03. The smallest absolute Gasteiger partial charge is 0.125 e. The summed E-state index contributed by atoms with van der Waals surface area (Å²) in [7, 11) is 1.50. The maximum atomic E-state index is 10.3. The van der Waals surface area contributed by atoms with Gasteiger partial charge in [-0.15, -0.1) is 0 Å². The van der Waals surface area contributed by atoms with Crippen LogP contribution in [0.4, 0.5) is 0 Å². The number of aldehydes is 6. The monoisotopic (exact) mass is 372 g/mol. The van der Waals surface area contributed by atoms with Crippen molar-refractivity contribution in [1.29, 1.82) is 0 Å². The van der Waals surface area contributed by atoms with Crippen molar-refractivity contribution < 1.29 is 33.5 Å². The van der Waals surface area contributed by atoms with Gasteiger partial charge in [0.05, 0.1) is 6.10 Å². The van der Waals surface area contributed by atoms with Crippen LogP contribution in [0.15, 0.2) is 0 Å². The second-order valence-electron chi connectivity index (χ2n) is 5.86. The van der Waals surface area contributed by atoms with Gasteiger partial charge >= 0.3 is 0 Å². The van der Waals surface area contributed by atoms with Gasteiger partial charge in [0.1, 0.15) is 37.7 Å². The molecule has 0 aliphatic carbocycles. The maximum Gasteiger partial charge on any atom is 0.125 e. The summed E-state index contributed by atoms with van der Waals surface area (Å²) in [4.78, 5) is 59.3. The van der Waals surface area contributed by atoms with E-state index in [4.69, 9.17) is 4.74 Å². The van der Waals surface area contributed by atoms with Gasteiger partial charge in [-0.3, -0.25) is 0 Å². The molecule has 0 bridgehead atoms. The molecule has 0 radical (unpaired) electrons. The van der Waals surface area contributed by atoms with E-state index >= 15 is 0 Å². The Bertz CT molecular complexity index is 350. The number of ether oxygens (including phenoxy) is 1. The minimum atomic E-state index is -0.287. The molecule has 0 aromatic carbocycles. The van der Waals surface area contributed by atoms with Crippen molar-refractivity contribution in [2.45, 2.75) is 59.0 Å². The van der Waals surface area contributed by atoms with Gasteiger partial charge in [0, 0.05) is 44.6 Å². The SMILES string of the molecule is CC(CC=O)CC=O.COC(C(C)C=O)C(C)C=O.O=CCCCC=O. The van der Waals surface area contributed by atoms with Crippen LogP contribution in [0.3, 0.4) is 0 Å². The first-order valence-corrected chi connectivity index (χ1v) is 8.57. The second kappa shape index (κ2) is 23.0. The number of hydrogen-bond donors (Lipinski definition) is 0. The summed E-state index contributed by atoms with van der Waals surface area (Å²) < 4.78 is 4.99. The lowest BCUT2D eigenvalue weighted by Gasteiger charge is -2.20. The van der Waals surface area contributed by atoms with E-state index in [2.05, 4.69) is 0 Å². The summed E-state index contributed by atoms with van der Waals surface area (Å²) in [6.07, 6.45) is 7.37. The molecular weight excluding hydrogens is 340 g/mol. The Labute approximate surface area is 155 Å². The van der Waals surface area contributed by atoms with Crippen molar-refractivity contribution in [2.75, 3.05) is 7.11 Å². The van der Waals surface area contributed by atoms with Gasteiger partial charge in [0.25, 0.3) is 0 Å². The molecule has 2 unspecified atom stereocenters. The van der Waals surface area contributed by atoms with E-state index in [-0.39, 0.29) is 23.9 Å². The van der Waals surface area contributed by atoms with Crippen LogP contribution >= 0.6 is 0 Å². The normalized spacial score (nSPS) is 12.8. The minimum absolute atomic E-state index is 0.222. The van der Waals surface area contributed by atoms with Gasteiger partial charge in [-0.25, -0.2) is 0 Å². The van der Waals surface area contributed by atoms with Crippen molar-refractivity contribution >= 4 is 37.7 Å². The highest BCUT2D eigenvalue weighted by molar-refractivity contribution is 5.59. The van der Waals surface area contributed by atoms with Crippen molar-refractivity contribution in [1.82, 2.24) is 0 Å². The zero-order valence-corrected chi connectivity index (χ0v) is 16.2. The Balaban J connectivity index is -0.000000315. The van der Waals surface area contributed by atoms with E-state index in [1.54, 1.807) is 13.8 Å². The maximum absolute atomic E-state index is 10.3. The molecule has 0 saturated carbocycles. The highest BCUT2D eigenvalue weighted by atomic mass is 16.5. The van der Waals surface area contributed by atoms with Crippen LogP contribution in [-0.2, 0) is 33.5 Å². The van der Waals surface area contributed by atoms with Gasteiger partial charge in [-0.05, 0) is 12.3 Å². The summed E-state index contributed by atoms with van der Waals surface area (Å²) in [5.41, 5.74) is 0. The van der Waals surface area contributed by atoms with E-state index in [0.29, 0.717) is 32.1 Å². The number of rotatable bonds is 13. The summed E-state index contributed by atoms with van der Waals surface area (Å²) in [6, 6.07) is 0. The standard InChI is InChI=1S/C8H14O3.C6H10O2.C5H8O2/c1-6(4-9)8(11-3)7(2)5-10;1-6(2-4-7)3-5-8;6-4-2-1-3-5-7/h4-8H,1-3H3;4-6H,2-3H2,1H3;4-5H,1-3H2. The Morgan fingerprint density at radius 2 is 1.08 bits per heavy atom. The lowest BCUT2D eigenvalue weighted by Crippen LogP contribution is -2.29. The molecule has 0 aromatic rings. The van der Waals surface area contributed by atoms with E-state index in [9.17, 15) is 28.8 Å². The molecule has 0 fully saturated rings. The van der Waals surface area contributed by atoms with E-state index in [1.807, 2.05) is 6.92 Å². The summed E-state index contributed by atoms with van der Waals surface area (Å²) in [5, 5.41) is 0. The van der Waals surface area contributed by atoms with Crippen molar-refractivity contribution in [3.8, 4) is 0 Å². The molecule has 150 valence electrons. The lowest BCUT2D eigenvalue weighted by atomic mass is 9.95. The number of carbonyl (C=O) groups is 6. The fourth-order valence-corrected chi connectivity index (χ4v) is 1.77. The molecule has 7 heteroatoms. The van der Waals surface area contributed by atoms with Gasteiger partial charge < -0.3 is 33.5 Å². The molecule has 0 N–H and O–H groups in total. The number of hydrogen-bond acceptors (Lipinski definition) is 7. The number of unbranched alkanes of at least 4 members (excludes halogenated alkanes) is 2. The van der Waals surface area contributed by atoms with Crippen molar-refractivity contribution in [3.05, 3.63) is 0 Å². The van der Waals surface area contributed by atoms with Crippen LogP contribution < -0.4 is 0 Å². The van der Waals surface area contributed by atoms with Crippen molar-refractivity contribution in [3.63, 3.8) is 0 Å². The molecule has 2 atom stereocenters. The highest BCUT2D eigenvalue weighted by Gasteiger charge is 2.22. The molecule has 0 heterocycles. The number of methoxy groups -OCH3 is 1. The largest absolute Gasteiger partial charge is 0.380 e. The van der Waals surface area contributed by atoms with Crippen LogP contribution in [0.5, 0.6) is 0 Å². The van der Waals surface area contributed by atoms with Crippen LogP contribution in [0.25, 0.3) is 0 Å². The lowest BCUT2D eigenvalue weighted by molar-refractivity contribution is -0.121. The molecule has 7 nitrogen and oxygen atoms in total. The Morgan fingerprint density at radius 3 is 1.31 bits per heavy atom. The van der Waals surface area contributed by atoms with E-state index in [0.717, 1.165) is 37.7 Å². The zero-order valence-electron chi connectivity index (χ0n) is 16.2. The quantitative estimate of drug-likeness (QED) is 0.359. The third-order valence-electron chi connectivity index (χ3n) is 3.38. The van der Waals surface area contributed by atoms with Gasteiger partial charge in [-0.2, -0.15) is 0 Å². The Morgan fingerprint density at radius 1 is 0.692 bits per heavy atom. The topological polar surface area (TPSA) is 112 Å². The first-order chi connectivity index (χ1) is 12.4. The van der Waals surface area contributed by atoms with Gasteiger partial charge in [0.2, 0.25) is 0 Å². The van der Waals surface area contributed by atoms with Crippen LogP contribution in [0, 0.1) is 17.8 Å². The van der Waals surface area contributed by atoms with Crippen molar-refractivity contribution in [2.24, 2.45) is 17.8 Å². The third-order valence-corrected chi connectivity index (χ3v) is 3.38. The molecule has 0 amide bonds. The van der Waals surface area contributed by atoms with Gasteiger partial charge in [0.15, 0.2) is 0 Å². The van der Waals surface area contributed by atoms with E-state index < -0.39 is 0 Å². The molecule has 0 aliphatic rings. The molecule has 0 saturated heterocycles. The zero-order chi connectivity index (χ0) is 20.8. The van der Waals surface area contributed by atoms with Gasteiger partial charge in [-0.1, -0.05) is 20.8 Å². The summed E-state index contributed by atoms with van der Waals surface area (Å²) >= 11 is 0. The van der Waals surface area contributed by atoms with Crippen LogP contribution in [0.1, 0.15) is 52.9 Å². The second-order valence-corrected chi connectivity index (χ2v) is 5.86. The highest BCUT2D eigenvalue weighted by Crippen LogP contribution is 2.12. The molecule has 0 rings (SSSR count). The van der Waals surface area contributed by atoms with Crippen LogP contribution in [-0.4, -0.2) is 50.9 Å². The Kier molecular flexibility index (Phi) is 25.4. The first-order valence-electron chi connectivity index (χ1n) is 8.57. The summed E-state index contributed by atoms with van der Waals surface area (Å²) in [5.74, 6) is -0.217. The average Bonchev–Trinajstić information content (AvgIpc) is 2.64. The molecule has 0 aliphatic heterocycles. The molecule has 0 aromatic heterocycles. The summed E-state index contributed by atoms with van der Waals surface area (Å²) in [6.45, 7) is 5.35. The third kappa shape index (κ3) is 20.0. The van der Waals surface area contributed by atoms with E-state index in [1.165, 1.54) is 7.11 Å². The first kappa shape index (κ1) is 28.8.